The number of nitrogen functional groups attached to an aromatic ring is 1. The van der Waals surface area contributed by atoms with Gasteiger partial charge in [0.05, 0.1) is 23.5 Å². The minimum absolute atomic E-state index is 0.0780. The summed E-state index contributed by atoms with van der Waals surface area (Å²) in [6.07, 6.45) is 2.16. The maximum Gasteiger partial charge on any atom is 0.241 e. The molecule has 1 amide bonds. The van der Waals surface area contributed by atoms with Crippen LogP contribution in [0.15, 0.2) is 18.2 Å². The van der Waals surface area contributed by atoms with Crippen LogP contribution in [-0.2, 0) is 4.79 Å². The first-order chi connectivity index (χ1) is 8.72. The standard InChI is InChI=1S/C13H16N4O/c14-8-10-4-3-5-11(13(10)15)16-9-12(18)17-6-1-2-7-17/h3-5,16H,1-2,6-7,9,15H2. The Morgan fingerprint density at radius 1 is 1.44 bits per heavy atom. The molecule has 0 atom stereocenters. The largest absolute Gasteiger partial charge is 0.396 e. The van der Waals surface area contributed by atoms with E-state index in [0.717, 1.165) is 25.9 Å². The van der Waals surface area contributed by atoms with Crippen LogP contribution in [0.5, 0.6) is 0 Å². The fourth-order valence-electron chi connectivity index (χ4n) is 2.07. The van der Waals surface area contributed by atoms with E-state index in [2.05, 4.69) is 5.32 Å². The second-order valence-corrected chi connectivity index (χ2v) is 4.32. The van der Waals surface area contributed by atoms with Gasteiger partial charge in [-0.2, -0.15) is 5.26 Å². The van der Waals surface area contributed by atoms with Crippen LogP contribution in [0.2, 0.25) is 0 Å². The number of rotatable bonds is 3. The maximum atomic E-state index is 11.8. The molecule has 1 fully saturated rings. The molecule has 0 saturated carbocycles. The third kappa shape index (κ3) is 2.54. The number of carbonyl (C=O) groups excluding carboxylic acids is 1. The normalized spacial score (nSPS) is 14.3. The number of nitrogens with one attached hydrogen (secondary N) is 1. The van der Waals surface area contributed by atoms with Gasteiger partial charge in [-0.15, -0.1) is 0 Å². The first kappa shape index (κ1) is 12.2. The lowest BCUT2D eigenvalue weighted by Crippen LogP contribution is -2.33. The average molecular weight is 244 g/mol. The van der Waals surface area contributed by atoms with Gasteiger partial charge in [-0.05, 0) is 25.0 Å². The predicted molar refractivity (Wildman–Crippen MR) is 69.9 cm³/mol. The summed E-state index contributed by atoms with van der Waals surface area (Å²) in [5.74, 6) is 0.0780. The molecule has 0 spiro atoms. The summed E-state index contributed by atoms with van der Waals surface area (Å²) in [5.41, 5.74) is 7.29. The Bertz CT molecular complexity index is 486. The van der Waals surface area contributed by atoms with Gasteiger partial charge in [-0.3, -0.25) is 4.79 Å². The summed E-state index contributed by atoms with van der Waals surface area (Å²) in [6, 6.07) is 7.19. The third-order valence-corrected chi connectivity index (χ3v) is 3.12. The molecule has 0 aliphatic carbocycles. The molecule has 1 saturated heterocycles. The Kier molecular flexibility index (Phi) is 3.68. The number of nitriles is 1. The molecule has 1 heterocycles. The SMILES string of the molecule is N#Cc1cccc(NCC(=O)N2CCCC2)c1N. The van der Waals surface area contributed by atoms with Crippen LogP contribution in [0.4, 0.5) is 11.4 Å². The van der Waals surface area contributed by atoms with E-state index in [-0.39, 0.29) is 12.5 Å². The minimum atomic E-state index is 0.0780. The second kappa shape index (κ2) is 5.41. The monoisotopic (exact) mass is 244 g/mol. The first-order valence-electron chi connectivity index (χ1n) is 6.02. The van der Waals surface area contributed by atoms with E-state index in [0.29, 0.717) is 16.9 Å². The molecular weight excluding hydrogens is 228 g/mol. The van der Waals surface area contributed by atoms with Gasteiger partial charge in [0, 0.05) is 13.1 Å². The highest BCUT2D eigenvalue weighted by Gasteiger charge is 2.17. The topological polar surface area (TPSA) is 82.2 Å². The molecule has 5 heteroatoms. The van der Waals surface area contributed by atoms with Gasteiger partial charge in [0.2, 0.25) is 5.91 Å². The molecular formula is C13H16N4O. The van der Waals surface area contributed by atoms with Crippen LogP contribution in [0.1, 0.15) is 18.4 Å². The van der Waals surface area contributed by atoms with Crippen molar-refractivity contribution in [3.05, 3.63) is 23.8 Å². The van der Waals surface area contributed by atoms with Gasteiger partial charge in [0.15, 0.2) is 0 Å². The second-order valence-electron chi connectivity index (χ2n) is 4.32. The van der Waals surface area contributed by atoms with Crippen molar-refractivity contribution in [3.63, 3.8) is 0 Å². The quantitative estimate of drug-likeness (QED) is 0.782. The van der Waals surface area contributed by atoms with Crippen molar-refractivity contribution in [2.24, 2.45) is 0 Å². The average Bonchev–Trinajstić information content (AvgIpc) is 2.91. The number of benzene rings is 1. The fraction of sp³-hybridized carbons (Fsp3) is 0.385. The summed E-state index contributed by atoms with van der Waals surface area (Å²) < 4.78 is 0. The molecule has 94 valence electrons. The zero-order chi connectivity index (χ0) is 13.0. The van der Waals surface area contributed by atoms with Gasteiger partial charge in [-0.25, -0.2) is 0 Å². The Hall–Kier alpha value is -2.22. The van der Waals surface area contributed by atoms with Gasteiger partial charge < -0.3 is 16.0 Å². The van der Waals surface area contributed by atoms with E-state index in [1.807, 2.05) is 11.0 Å². The van der Waals surface area contributed by atoms with Crippen molar-refractivity contribution < 1.29 is 4.79 Å². The van der Waals surface area contributed by atoms with Crippen LogP contribution >= 0.6 is 0 Å². The molecule has 5 nitrogen and oxygen atoms in total. The molecule has 0 bridgehead atoms. The van der Waals surface area contributed by atoms with Crippen LogP contribution in [0, 0.1) is 11.3 Å². The summed E-state index contributed by atoms with van der Waals surface area (Å²) in [4.78, 5) is 13.7. The van der Waals surface area contributed by atoms with E-state index in [4.69, 9.17) is 11.0 Å². The molecule has 1 aromatic carbocycles. The number of likely N-dealkylation sites (tertiary alicyclic amines) is 1. The van der Waals surface area contributed by atoms with Crippen molar-refractivity contribution in [2.45, 2.75) is 12.8 Å². The van der Waals surface area contributed by atoms with Crippen molar-refractivity contribution >= 4 is 17.3 Å². The van der Waals surface area contributed by atoms with Gasteiger partial charge >= 0.3 is 0 Å². The molecule has 0 aromatic heterocycles. The van der Waals surface area contributed by atoms with E-state index in [1.54, 1.807) is 18.2 Å². The van der Waals surface area contributed by atoms with Gasteiger partial charge in [-0.1, -0.05) is 6.07 Å². The zero-order valence-corrected chi connectivity index (χ0v) is 10.1. The highest BCUT2D eigenvalue weighted by atomic mass is 16.2. The maximum absolute atomic E-state index is 11.8. The van der Waals surface area contributed by atoms with Crippen molar-refractivity contribution in [3.8, 4) is 6.07 Å². The third-order valence-electron chi connectivity index (χ3n) is 3.12. The number of nitrogens with two attached hydrogens (primary N) is 1. The number of carbonyl (C=O) groups is 1. The molecule has 1 aliphatic heterocycles. The summed E-state index contributed by atoms with van der Waals surface area (Å²) in [5, 5.41) is 11.9. The number of nitrogens with zero attached hydrogens (tertiary/aromatic N) is 2. The van der Waals surface area contributed by atoms with Crippen molar-refractivity contribution in [2.75, 3.05) is 30.7 Å². The number of hydrogen-bond acceptors (Lipinski definition) is 4. The molecule has 0 radical (unpaired) electrons. The van der Waals surface area contributed by atoms with E-state index in [1.165, 1.54) is 0 Å². The summed E-state index contributed by atoms with van der Waals surface area (Å²) in [7, 11) is 0. The Balaban J connectivity index is 1.98. The Morgan fingerprint density at radius 2 is 2.17 bits per heavy atom. The molecule has 3 N–H and O–H groups in total. The molecule has 1 aliphatic rings. The van der Waals surface area contributed by atoms with Crippen molar-refractivity contribution in [1.29, 1.82) is 5.26 Å². The van der Waals surface area contributed by atoms with Crippen LogP contribution < -0.4 is 11.1 Å². The van der Waals surface area contributed by atoms with Crippen LogP contribution in [0.25, 0.3) is 0 Å². The Morgan fingerprint density at radius 3 is 2.83 bits per heavy atom. The van der Waals surface area contributed by atoms with Crippen LogP contribution in [-0.4, -0.2) is 30.4 Å². The minimum Gasteiger partial charge on any atom is -0.396 e. The lowest BCUT2D eigenvalue weighted by Gasteiger charge is -2.16. The molecule has 2 rings (SSSR count). The molecule has 18 heavy (non-hydrogen) atoms. The van der Waals surface area contributed by atoms with E-state index >= 15 is 0 Å². The molecule has 0 unspecified atom stereocenters. The first-order valence-corrected chi connectivity index (χ1v) is 6.02. The zero-order valence-electron chi connectivity index (χ0n) is 10.1. The van der Waals surface area contributed by atoms with E-state index < -0.39 is 0 Å². The highest BCUT2D eigenvalue weighted by Crippen LogP contribution is 2.21. The summed E-state index contributed by atoms with van der Waals surface area (Å²) in [6.45, 7) is 1.90. The number of para-hydroxylation sites is 1. The number of amides is 1. The van der Waals surface area contributed by atoms with Gasteiger partial charge in [0.1, 0.15) is 6.07 Å². The molecule has 1 aromatic rings. The number of anilines is 2. The lowest BCUT2D eigenvalue weighted by atomic mass is 10.1. The smallest absolute Gasteiger partial charge is 0.241 e. The fourth-order valence-corrected chi connectivity index (χ4v) is 2.07. The van der Waals surface area contributed by atoms with E-state index in [9.17, 15) is 4.79 Å². The number of hydrogen-bond donors (Lipinski definition) is 2. The lowest BCUT2D eigenvalue weighted by molar-refractivity contribution is -0.128. The Labute approximate surface area is 106 Å². The predicted octanol–water partition coefficient (Wildman–Crippen LogP) is 1.17. The summed E-state index contributed by atoms with van der Waals surface area (Å²) >= 11 is 0. The van der Waals surface area contributed by atoms with Crippen molar-refractivity contribution in [1.82, 2.24) is 4.90 Å². The van der Waals surface area contributed by atoms with Crippen LogP contribution in [0.3, 0.4) is 0 Å². The highest BCUT2D eigenvalue weighted by molar-refractivity contribution is 5.83. The van der Waals surface area contributed by atoms with Gasteiger partial charge in [0.25, 0.3) is 0 Å².